The molecule has 0 fully saturated rings. The summed E-state index contributed by atoms with van der Waals surface area (Å²) >= 11 is 8.08. The van der Waals surface area contributed by atoms with Gasteiger partial charge < -0.3 is 5.32 Å². The van der Waals surface area contributed by atoms with Gasteiger partial charge in [0.1, 0.15) is 0 Å². The third kappa shape index (κ3) is 4.00. The molecule has 0 heterocycles. The van der Waals surface area contributed by atoms with Gasteiger partial charge in [-0.3, -0.25) is 0 Å². The standard InChI is InChI=1S/C16H18ClNS/c1-3-18-11-13-8-9-16(14(17)10-13)19-15-7-5-4-6-12(15)2/h4-10,18H,3,11H2,1-2H3. The summed E-state index contributed by atoms with van der Waals surface area (Å²) in [6.07, 6.45) is 0. The van der Waals surface area contributed by atoms with Crippen LogP contribution >= 0.6 is 23.4 Å². The average Bonchev–Trinajstić information content (AvgIpc) is 2.41. The van der Waals surface area contributed by atoms with E-state index in [2.05, 4.69) is 55.6 Å². The van der Waals surface area contributed by atoms with Crippen LogP contribution in [0.3, 0.4) is 0 Å². The van der Waals surface area contributed by atoms with Crippen LogP contribution in [0.15, 0.2) is 52.3 Å². The quantitative estimate of drug-likeness (QED) is 0.840. The van der Waals surface area contributed by atoms with Crippen molar-refractivity contribution in [3.63, 3.8) is 0 Å². The van der Waals surface area contributed by atoms with Gasteiger partial charge in [-0.15, -0.1) is 0 Å². The first-order valence-corrected chi connectivity index (χ1v) is 7.62. The Hall–Kier alpha value is -0.960. The van der Waals surface area contributed by atoms with Crippen LogP contribution in [0.2, 0.25) is 5.02 Å². The lowest BCUT2D eigenvalue weighted by molar-refractivity contribution is 0.726. The fourth-order valence-corrected chi connectivity index (χ4v) is 3.02. The van der Waals surface area contributed by atoms with Crippen LogP contribution in [0.25, 0.3) is 0 Å². The molecule has 0 saturated heterocycles. The van der Waals surface area contributed by atoms with Gasteiger partial charge >= 0.3 is 0 Å². The highest BCUT2D eigenvalue weighted by Gasteiger charge is 2.05. The third-order valence-electron chi connectivity index (χ3n) is 2.89. The van der Waals surface area contributed by atoms with E-state index in [0.29, 0.717) is 0 Å². The molecule has 1 nitrogen and oxygen atoms in total. The highest BCUT2D eigenvalue weighted by atomic mass is 35.5. The molecule has 0 radical (unpaired) electrons. The first kappa shape index (κ1) is 14.4. The fraction of sp³-hybridized carbons (Fsp3) is 0.250. The van der Waals surface area contributed by atoms with Crippen molar-refractivity contribution < 1.29 is 0 Å². The summed E-state index contributed by atoms with van der Waals surface area (Å²) in [5, 5.41) is 4.13. The maximum absolute atomic E-state index is 6.36. The van der Waals surface area contributed by atoms with E-state index < -0.39 is 0 Å². The summed E-state index contributed by atoms with van der Waals surface area (Å²) in [7, 11) is 0. The van der Waals surface area contributed by atoms with Crippen LogP contribution in [0.1, 0.15) is 18.1 Å². The molecule has 0 aromatic heterocycles. The Morgan fingerprint density at radius 2 is 1.89 bits per heavy atom. The van der Waals surface area contributed by atoms with Crippen LogP contribution in [0, 0.1) is 6.92 Å². The summed E-state index contributed by atoms with van der Waals surface area (Å²) in [6, 6.07) is 14.6. The van der Waals surface area contributed by atoms with Crippen molar-refractivity contribution in [2.45, 2.75) is 30.2 Å². The zero-order chi connectivity index (χ0) is 13.7. The molecular formula is C16H18ClNS. The zero-order valence-electron chi connectivity index (χ0n) is 11.2. The molecular weight excluding hydrogens is 274 g/mol. The Morgan fingerprint density at radius 1 is 1.11 bits per heavy atom. The molecule has 2 aromatic rings. The second kappa shape index (κ2) is 6.99. The minimum atomic E-state index is 0.823. The Bertz CT molecular complexity index is 554. The molecule has 0 saturated carbocycles. The van der Waals surface area contributed by atoms with Gasteiger partial charge in [0, 0.05) is 16.3 Å². The van der Waals surface area contributed by atoms with Crippen LogP contribution in [-0.4, -0.2) is 6.54 Å². The van der Waals surface area contributed by atoms with Crippen molar-refractivity contribution in [3.8, 4) is 0 Å². The predicted molar refractivity (Wildman–Crippen MR) is 84.1 cm³/mol. The lowest BCUT2D eigenvalue weighted by Crippen LogP contribution is -2.11. The maximum atomic E-state index is 6.36. The van der Waals surface area contributed by atoms with E-state index in [1.54, 1.807) is 11.8 Å². The molecule has 19 heavy (non-hydrogen) atoms. The summed E-state index contributed by atoms with van der Waals surface area (Å²) in [5.41, 5.74) is 2.50. The molecule has 0 bridgehead atoms. The van der Waals surface area contributed by atoms with Crippen LogP contribution in [0.5, 0.6) is 0 Å². The van der Waals surface area contributed by atoms with Gasteiger partial charge in [-0.25, -0.2) is 0 Å². The van der Waals surface area contributed by atoms with Crippen LogP contribution in [-0.2, 0) is 6.54 Å². The molecule has 0 atom stereocenters. The molecule has 0 aliphatic heterocycles. The van der Waals surface area contributed by atoms with Gasteiger partial charge in [0.05, 0.1) is 5.02 Å². The molecule has 0 aliphatic rings. The highest BCUT2D eigenvalue weighted by Crippen LogP contribution is 2.35. The SMILES string of the molecule is CCNCc1ccc(Sc2ccccc2C)c(Cl)c1. The molecule has 0 spiro atoms. The topological polar surface area (TPSA) is 12.0 Å². The lowest BCUT2D eigenvalue weighted by atomic mass is 10.2. The molecule has 0 amide bonds. The first-order chi connectivity index (χ1) is 9.20. The number of halogens is 1. The molecule has 2 aromatic carbocycles. The van der Waals surface area contributed by atoms with Gasteiger partial charge in [-0.05, 0) is 42.8 Å². The monoisotopic (exact) mass is 291 g/mol. The minimum absolute atomic E-state index is 0.823. The Balaban J connectivity index is 2.15. The predicted octanol–water partition coefficient (Wildman–Crippen LogP) is 4.91. The van der Waals surface area contributed by atoms with E-state index in [0.717, 1.165) is 23.0 Å². The molecule has 1 N–H and O–H groups in total. The van der Waals surface area contributed by atoms with E-state index in [4.69, 9.17) is 11.6 Å². The van der Waals surface area contributed by atoms with Crippen LogP contribution < -0.4 is 5.32 Å². The van der Waals surface area contributed by atoms with Crippen LogP contribution in [0.4, 0.5) is 0 Å². The number of hydrogen-bond donors (Lipinski definition) is 1. The smallest absolute Gasteiger partial charge is 0.0548 e. The Kier molecular flexibility index (Phi) is 5.32. The third-order valence-corrected chi connectivity index (χ3v) is 4.57. The normalized spacial score (nSPS) is 10.7. The molecule has 0 unspecified atom stereocenters. The van der Waals surface area contributed by atoms with Crippen molar-refractivity contribution in [2.24, 2.45) is 0 Å². The molecule has 100 valence electrons. The number of hydrogen-bond acceptors (Lipinski definition) is 2. The van der Waals surface area contributed by atoms with E-state index >= 15 is 0 Å². The summed E-state index contributed by atoms with van der Waals surface area (Å²) in [5.74, 6) is 0. The largest absolute Gasteiger partial charge is 0.313 e. The average molecular weight is 292 g/mol. The second-order valence-electron chi connectivity index (χ2n) is 4.41. The van der Waals surface area contributed by atoms with E-state index in [1.165, 1.54) is 16.0 Å². The summed E-state index contributed by atoms with van der Waals surface area (Å²) in [6.45, 7) is 6.06. The molecule has 2 rings (SSSR count). The van der Waals surface area contributed by atoms with Crippen molar-refractivity contribution in [3.05, 3.63) is 58.6 Å². The van der Waals surface area contributed by atoms with E-state index in [-0.39, 0.29) is 0 Å². The van der Waals surface area contributed by atoms with Gasteiger partial charge in [0.2, 0.25) is 0 Å². The highest BCUT2D eigenvalue weighted by molar-refractivity contribution is 7.99. The van der Waals surface area contributed by atoms with Gasteiger partial charge in [0.15, 0.2) is 0 Å². The van der Waals surface area contributed by atoms with E-state index in [1.807, 2.05) is 6.07 Å². The van der Waals surface area contributed by atoms with E-state index in [9.17, 15) is 0 Å². The van der Waals surface area contributed by atoms with Crippen molar-refractivity contribution in [1.82, 2.24) is 5.32 Å². The number of nitrogens with one attached hydrogen (secondary N) is 1. The van der Waals surface area contributed by atoms with Crippen molar-refractivity contribution in [2.75, 3.05) is 6.54 Å². The van der Waals surface area contributed by atoms with Gasteiger partial charge in [0.25, 0.3) is 0 Å². The number of benzene rings is 2. The Morgan fingerprint density at radius 3 is 2.58 bits per heavy atom. The maximum Gasteiger partial charge on any atom is 0.0548 e. The molecule has 3 heteroatoms. The van der Waals surface area contributed by atoms with Crippen molar-refractivity contribution in [1.29, 1.82) is 0 Å². The van der Waals surface area contributed by atoms with Gasteiger partial charge in [-0.1, -0.05) is 54.6 Å². The summed E-state index contributed by atoms with van der Waals surface area (Å²) < 4.78 is 0. The first-order valence-electron chi connectivity index (χ1n) is 6.43. The Labute approximate surface area is 124 Å². The van der Waals surface area contributed by atoms with Crippen molar-refractivity contribution >= 4 is 23.4 Å². The zero-order valence-corrected chi connectivity index (χ0v) is 12.8. The summed E-state index contributed by atoms with van der Waals surface area (Å²) in [4.78, 5) is 2.36. The lowest BCUT2D eigenvalue weighted by Gasteiger charge is -2.09. The van der Waals surface area contributed by atoms with Gasteiger partial charge in [-0.2, -0.15) is 0 Å². The number of rotatable bonds is 5. The second-order valence-corrected chi connectivity index (χ2v) is 5.90. The molecule has 0 aliphatic carbocycles. The minimum Gasteiger partial charge on any atom is -0.313 e. The fourth-order valence-electron chi connectivity index (χ4n) is 1.80. The number of aryl methyl sites for hydroxylation is 1.